The molecule has 0 atom stereocenters. The number of hydrogen-bond donors (Lipinski definition) is 2. The highest BCUT2D eigenvalue weighted by atomic mass is 35.5. The molecule has 1 fully saturated rings. The summed E-state index contributed by atoms with van der Waals surface area (Å²) < 4.78 is 0.983. The maximum absolute atomic E-state index is 6.16. The zero-order valence-corrected chi connectivity index (χ0v) is 15.6. The number of benzene rings is 1. The van der Waals surface area contributed by atoms with Crippen molar-refractivity contribution >= 4 is 28.2 Å². The third kappa shape index (κ3) is 4.13. The fourth-order valence-corrected chi connectivity index (χ4v) is 4.09. The van der Waals surface area contributed by atoms with Gasteiger partial charge in [-0.3, -0.25) is 14.4 Å². The Bertz CT molecular complexity index is 697. The Morgan fingerprint density at radius 2 is 1.84 bits per heavy atom. The smallest absolute Gasteiger partial charge is 0.143 e. The van der Waals surface area contributed by atoms with E-state index in [4.69, 9.17) is 23.1 Å². The summed E-state index contributed by atoms with van der Waals surface area (Å²) >= 11 is 6.16. The Morgan fingerprint density at radius 3 is 2.56 bits per heavy atom. The maximum Gasteiger partial charge on any atom is 0.143 e. The summed E-state index contributed by atoms with van der Waals surface area (Å²) in [5, 5.41) is 1.94. The lowest BCUT2D eigenvalue weighted by Gasteiger charge is -2.45. The predicted molar refractivity (Wildman–Crippen MR) is 107 cm³/mol. The predicted octanol–water partition coefficient (Wildman–Crippen LogP) is 2.21. The second-order valence-corrected chi connectivity index (χ2v) is 7.37. The first-order chi connectivity index (χ1) is 12.2. The molecule has 0 radical (unpaired) electrons. The van der Waals surface area contributed by atoms with Gasteiger partial charge in [-0.05, 0) is 44.3 Å². The van der Waals surface area contributed by atoms with Crippen molar-refractivity contribution in [3.8, 4) is 0 Å². The summed E-state index contributed by atoms with van der Waals surface area (Å²) in [6.07, 6.45) is 4.01. The van der Waals surface area contributed by atoms with Gasteiger partial charge in [0.25, 0.3) is 0 Å². The lowest BCUT2D eigenvalue weighted by molar-refractivity contribution is 0.134. The minimum absolute atomic E-state index is 0.728. The van der Waals surface area contributed by atoms with Crippen LogP contribution < -0.4 is 16.0 Å². The molecule has 1 aliphatic rings. The number of piperazine rings is 1. The van der Waals surface area contributed by atoms with Crippen LogP contribution in [0, 0.1) is 0 Å². The summed E-state index contributed by atoms with van der Waals surface area (Å²) in [6.45, 7) is 8.07. The van der Waals surface area contributed by atoms with Crippen LogP contribution in [0.15, 0.2) is 30.5 Å². The molecule has 6 heteroatoms. The van der Waals surface area contributed by atoms with E-state index in [1.807, 2.05) is 18.3 Å². The van der Waals surface area contributed by atoms with Gasteiger partial charge in [0.1, 0.15) is 5.69 Å². The highest BCUT2D eigenvalue weighted by Gasteiger charge is 2.36. The summed E-state index contributed by atoms with van der Waals surface area (Å²) in [5.41, 5.74) is 13.8. The van der Waals surface area contributed by atoms with Crippen LogP contribution in [0.25, 0.3) is 10.9 Å². The van der Waals surface area contributed by atoms with Gasteiger partial charge in [0, 0.05) is 36.8 Å². The van der Waals surface area contributed by atoms with E-state index in [1.54, 1.807) is 0 Å². The van der Waals surface area contributed by atoms with Crippen LogP contribution in [0.1, 0.15) is 12.8 Å². The topological polar surface area (TPSA) is 68.2 Å². The summed E-state index contributed by atoms with van der Waals surface area (Å²) in [5.74, 6) is 0. The first-order valence-electron chi connectivity index (χ1n) is 9.22. The van der Waals surface area contributed by atoms with E-state index in [2.05, 4.69) is 22.0 Å². The van der Waals surface area contributed by atoms with Gasteiger partial charge in [-0.15, -0.1) is 0 Å². The molecule has 0 unspecified atom stereocenters. The van der Waals surface area contributed by atoms with E-state index in [0.29, 0.717) is 0 Å². The van der Waals surface area contributed by atoms with Crippen LogP contribution in [0.5, 0.6) is 0 Å². The zero-order valence-electron chi connectivity index (χ0n) is 14.8. The minimum atomic E-state index is 0.728. The van der Waals surface area contributed by atoms with E-state index < -0.39 is 0 Å². The van der Waals surface area contributed by atoms with E-state index in [-0.39, 0.29) is 0 Å². The number of pyridine rings is 1. The number of rotatable bonds is 7. The van der Waals surface area contributed by atoms with Gasteiger partial charge in [-0.2, -0.15) is 0 Å². The van der Waals surface area contributed by atoms with Crippen molar-refractivity contribution in [2.24, 2.45) is 11.5 Å². The molecule has 0 bridgehead atoms. The first-order valence-corrected chi connectivity index (χ1v) is 9.60. The largest absolute Gasteiger partial charge is 0.330 e. The highest BCUT2D eigenvalue weighted by Crippen LogP contribution is 2.33. The Labute approximate surface area is 155 Å². The first kappa shape index (κ1) is 18.5. The summed E-state index contributed by atoms with van der Waals surface area (Å²) in [7, 11) is 0. The van der Waals surface area contributed by atoms with Gasteiger partial charge in [0.05, 0.1) is 30.5 Å². The van der Waals surface area contributed by atoms with Crippen molar-refractivity contribution in [3.05, 3.63) is 35.5 Å². The fourth-order valence-electron chi connectivity index (χ4n) is 3.93. The van der Waals surface area contributed by atoms with Crippen molar-refractivity contribution in [2.45, 2.75) is 12.8 Å². The SMILES string of the molecule is NCCCN1CC[N+](CCCN)(c2ccnc3cc(Cl)ccc23)CC1. The number of nitrogens with two attached hydrogens (primary N) is 2. The Morgan fingerprint density at radius 1 is 1.08 bits per heavy atom. The van der Waals surface area contributed by atoms with Gasteiger partial charge < -0.3 is 11.5 Å². The molecular weight excluding hydrogens is 334 g/mol. The molecule has 1 aromatic carbocycles. The van der Waals surface area contributed by atoms with E-state index >= 15 is 0 Å². The summed E-state index contributed by atoms with van der Waals surface area (Å²) in [4.78, 5) is 7.05. The van der Waals surface area contributed by atoms with Gasteiger partial charge in [0.2, 0.25) is 0 Å². The Hall–Kier alpha value is -1.24. The molecule has 136 valence electrons. The average molecular weight is 363 g/mol. The lowest BCUT2D eigenvalue weighted by atomic mass is 10.1. The molecule has 2 aromatic rings. The van der Waals surface area contributed by atoms with E-state index in [9.17, 15) is 0 Å². The van der Waals surface area contributed by atoms with Gasteiger partial charge in [0.15, 0.2) is 0 Å². The van der Waals surface area contributed by atoms with Crippen molar-refractivity contribution in [1.29, 1.82) is 0 Å². The van der Waals surface area contributed by atoms with Crippen LogP contribution in [0.3, 0.4) is 0 Å². The van der Waals surface area contributed by atoms with E-state index in [1.165, 1.54) is 11.1 Å². The molecule has 1 aromatic heterocycles. The molecule has 1 saturated heterocycles. The second-order valence-electron chi connectivity index (χ2n) is 6.93. The fraction of sp³-hybridized carbons (Fsp3) is 0.526. The van der Waals surface area contributed by atoms with Crippen molar-refractivity contribution in [3.63, 3.8) is 0 Å². The van der Waals surface area contributed by atoms with E-state index in [0.717, 1.165) is 80.2 Å². The van der Waals surface area contributed by atoms with Gasteiger partial charge >= 0.3 is 0 Å². The van der Waals surface area contributed by atoms with Crippen LogP contribution in [-0.2, 0) is 0 Å². The number of nitrogens with zero attached hydrogens (tertiary/aromatic N) is 3. The molecule has 4 N–H and O–H groups in total. The summed E-state index contributed by atoms with van der Waals surface area (Å²) in [6, 6.07) is 8.22. The van der Waals surface area contributed by atoms with Crippen LogP contribution in [0.4, 0.5) is 5.69 Å². The van der Waals surface area contributed by atoms with Crippen LogP contribution in [0.2, 0.25) is 5.02 Å². The van der Waals surface area contributed by atoms with Crippen LogP contribution >= 0.6 is 11.6 Å². The molecule has 0 spiro atoms. The number of halogens is 1. The zero-order chi connectivity index (χ0) is 17.7. The van der Waals surface area contributed by atoms with Crippen LogP contribution in [-0.4, -0.2) is 62.2 Å². The average Bonchev–Trinajstić information content (AvgIpc) is 2.65. The normalized spacial score (nSPS) is 17.9. The quantitative estimate of drug-likeness (QED) is 0.741. The van der Waals surface area contributed by atoms with Gasteiger partial charge in [-0.1, -0.05) is 11.6 Å². The number of fused-ring (bicyclic) bond motifs is 1. The Kier molecular flexibility index (Phi) is 6.25. The number of quaternary nitrogens is 1. The minimum Gasteiger partial charge on any atom is -0.330 e. The van der Waals surface area contributed by atoms with Crippen molar-refractivity contribution < 1.29 is 0 Å². The van der Waals surface area contributed by atoms with Gasteiger partial charge in [-0.25, -0.2) is 0 Å². The molecule has 2 heterocycles. The molecule has 0 saturated carbocycles. The molecular formula is C19H29ClN5+. The monoisotopic (exact) mass is 362 g/mol. The molecule has 5 nitrogen and oxygen atoms in total. The Balaban J connectivity index is 1.92. The van der Waals surface area contributed by atoms with Crippen molar-refractivity contribution in [1.82, 2.24) is 14.4 Å². The highest BCUT2D eigenvalue weighted by molar-refractivity contribution is 6.31. The van der Waals surface area contributed by atoms with Crippen molar-refractivity contribution in [2.75, 3.05) is 52.4 Å². The molecule has 0 aliphatic carbocycles. The third-order valence-corrected chi connectivity index (χ3v) is 5.59. The number of aromatic nitrogens is 1. The standard InChI is InChI=1S/C19H29ClN5/c20-16-3-4-17-18(15-16)23-8-5-19(17)25(12-2-7-22)13-10-24(11-14-25)9-1-6-21/h3-5,8,15H,1-2,6-7,9-14,21-22H2/q+1. The lowest BCUT2D eigenvalue weighted by Crippen LogP contribution is -2.61. The second kappa shape index (κ2) is 8.43. The number of hydrogen-bond acceptors (Lipinski definition) is 4. The molecule has 3 rings (SSSR count). The molecule has 0 amide bonds. The maximum atomic E-state index is 6.16. The molecule has 25 heavy (non-hydrogen) atoms. The third-order valence-electron chi connectivity index (χ3n) is 5.35. The molecule has 1 aliphatic heterocycles.